The molecule has 31 heavy (non-hydrogen) atoms. The molecule has 1 heterocycles. The van der Waals surface area contributed by atoms with Crippen LogP contribution in [0.2, 0.25) is 10.0 Å². The first-order valence-electron chi connectivity index (χ1n) is 9.45. The number of ether oxygens (including phenoxy) is 1. The summed E-state index contributed by atoms with van der Waals surface area (Å²) in [6.45, 7) is 2.46. The van der Waals surface area contributed by atoms with E-state index in [9.17, 15) is 14.9 Å². The molecular formula is C22H19Cl2N3O3S. The number of rotatable bonds is 7. The third-order valence-corrected chi connectivity index (χ3v) is 6.07. The van der Waals surface area contributed by atoms with Gasteiger partial charge in [0.15, 0.2) is 0 Å². The zero-order valence-electron chi connectivity index (χ0n) is 16.6. The lowest BCUT2D eigenvalue weighted by molar-refractivity contribution is -0.121. The molecule has 0 bridgehead atoms. The fraction of sp³-hybridized carbons (Fsp3) is 0.227. The van der Waals surface area contributed by atoms with Crippen LogP contribution in [0, 0.1) is 11.3 Å². The molecule has 2 aromatic carbocycles. The van der Waals surface area contributed by atoms with E-state index in [2.05, 4.69) is 16.7 Å². The van der Waals surface area contributed by atoms with Crippen molar-refractivity contribution in [2.45, 2.75) is 19.3 Å². The van der Waals surface area contributed by atoms with Crippen LogP contribution in [0.5, 0.6) is 5.75 Å². The zero-order chi connectivity index (χ0) is 22.4. The van der Waals surface area contributed by atoms with Gasteiger partial charge in [-0.3, -0.25) is 9.59 Å². The van der Waals surface area contributed by atoms with Crippen molar-refractivity contribution >= 4 is 52.5 Å². The summed E-state index contributed by atoms with van der Waals surface area (Å²) >= 11 is 13.4. The fourth-order valence-corrected chi connectivity index (χ4v) is 4.54. The second kappa shape index (κ2) is 10.6. The Balaban J connectivity index is 1.72. The average molecular weight is 476 g/mol. The number of hydrogen-bond acceptors (Lipinski definition) is 5. The summed E-state index contributed by atoms with van der Waals surface area (Å²) in [5.74, 6) is -0.269. The number of carbonyl (C=O) groups excluding carboxylic acids is 2. The maximum absolute atomic E-state index is 12.4. The minimum Gasteiger partial charge on any atom is -0.494 e. The lowest BCUT2D eigenvalue weighted by Gasteiger charge is -2.25. The summed E-state index contributed by atoms with van der Waals surface area (Å²) in [5.41, 5.74) is 1.64. The van der Waals surface area contributed by atoms with Crippen molar-refractivity contribution in [1.29, 1.82) is 5.26 Å². The first-order chi connectivity index (χ1) is 14.9. The molecule has 2 N–H and O–H groups in total. The monoisotopic (exact) mass is 475 g/mol. The minimum atomic E-state index is -0.500. The molecule has 1 atom stereocenters. The topological polar surface area (TPSA) is 91.2 Å². The minimum absolute atomic E-state index is 0.0229. The molecule has 0 saturated carbocycles. The predicted molar refractivity (Wildman–Crippen MR) is 123 cm³/mol. The third kappa shape index (κ3) is 5.95. The van der Waals surface area contributed by atoms with Gasteiger partial charge in [-0.1, -0.05) is 41.0 Å². The lowest BCUT2D eigenvalue weighted by atomic mass is 9.87. The van der Waals surface area contributed by atoms with Crippen LogP contribution in [0.25, 0.3) is 0 Å². The molecule has 1 aliphatic rings. The summed E-state index contributed by atoms with van der Waals surface area (Å²) in [6.07, 6.45) is 0.0900. The molecule has 0 aliphatic carbocycles. The molecule has 9 heteroatoms. The highest BCUT2D eigenvalue weighted by Gasteiger charge is 2.31. The second-order valence-corrected chi connectivity index (χ2v) is 8.45. The number of thioether (sulfide) groups is 1. The Labute approximate surface area is 194 Å². The van der Waals surface area contributed by atoms with Gasteiger partial charge in [0.25, 0.3) is 0 Å². The SMILES string of the molecule is CCOc1ccc(NC(=O)CSC2=C(C#N)C(c3ccc(Cl)cc3Cl)CC(=O)N2)cc1. The van der Waals surface area contributed by atoms with E-state index < -0.39 is 5.92 Å². The highest BCUT2D eigenvalue weighted by atomic mass is 35.5. The Hall–Kier alpha value is -2.66. The number of nitriles is 1. The summed E-state index contributed by atoms with van der Waals surface area (Å²) in [5, 5.41) is 16.4. The van der Waals surface area contributed by atoms with E-state index in [1.807, 2.05) is 6.92 Å². The van der Waals surface area contributed by atoms with E-state index in [4.69, 9.17) is 27.9 Å². The summed E-state index contributed by atoms with van der Waals surface area (Å²) in [7, 11) is 0. The van der Waals surface area contributed by atoms with Crippen LogP contribution in [0.1, 0.15) is 24.8 Å². The van der Waals surface area contributed by atoms with Crippen LogP contribution in [0.3, 0.4) is 0 Å². The number of nitrogens with zero attached hydrogens (tertiary/aromatic N) is 1. The Kier molecular flexibility index (Phi) is 7.85. The van der Waals surface area contributed by atoms with Crippen LogP contribution >= 0.6 is 35.0 Å². The van der Waals surface area contributed by atoms with Gasteiger partial charge in [-0.2, -0.15) is 5.26 Å². The molecule has 1 unspecified atom stereocenters. The number of benzene rings is 2. The summed E-state index contributed by atoms with van der Waals surface area (Å²) in [6, 6.07) is 14.2. The van der Waals surface area contributed by atoms with Crippen LogP contribution in [0.4, 0.5) is 5.69 Å². The molecule has 2 amide bonds. The van der Waals surface area contributed by atoms with Gasteiger partial charge >= 0.3 is 0 Å². The van der Waals surface area contributed by atoms with Crippen molar-refractivity contribution in [2.24, 2.45) is 0 Å². The van der Waals surface area contributed by atoms with Crippen LogP contribution in [-0.2, 0) is 9.59 Å². The van der Waals surface area contributed by atoms with Crippen molar-refractivity contribution in [2.75, 3.05) is 17.7 Å². The van der Waals surface area contributed by atoms with Crippen molar-refractivity contribution in [3.05, 3.63) is 68.7 Å². The highest BCUT2D eigenvalue weighted by molar-refractivity contribution is 8.03. The predicted octanol–water partition coefficient (Wildman–Crippen LogP) is 5.10. The summed E-state index contributed by atoms with van der Waals surface area (Å²) < 4.78 is 5.38. The van der Waals surface area contributed by atoms with Gasteiger partial charge < -0.3 is 15.4 Å². The Morgan fingerprint density at radius 2 is 2.03 bits per heavy atom. The highest BCUT2D eigenvalue weighted by Crippen LogP contribution is 2.39. The van der Waals surface area contributed by atoms with Crippen molar-refractivity contribution in [3.63, 3.8) is 0 Å². The number of hydrogen-bond donors (Lipinski definition) is 2. The van der Waals surface area contributed by atoms with E-state index in [1.54, 1.807) is 42.5 Å². The Morgan fingerprint density at radius 1 is 1.29 bits per heavy atom. The number of anilines is 1. The largest absolute Gasteiger partial charge is 0.494 e. The number of allylic oxidation sites excluding steroid dienone is 1. The lowest BCUT2D eigenvalue weighted by Crippen LogP contribution is -2.31. The first kappa shape index (κ1) is 23.0. The molecule has 0 aromatic heterocycles. The van der Waals surface area contributed by atoms with Gasteiger partial charge in [0.1, 0.15) is 5.75 Å². The molecular weight excluding hydrogens is 457 g/mol. The Morgan fingerprint density at radius 3 is 2.68 bits per heavy atom. The number of amides is 2. The van der Waals surface area contributed by atoms with Crippen LogP contribution in [-0.4, -0.2) is 24.2 Å². The number of halogens is 2. The fourth-order valence-electron chi connectivity index (χ4n) is 3.12. The first-order valence-corrected chi connectivity index (χ1v) is 11.2. The molecule has 0 spiro atoms. The summed E-state index contributed by atoms with van der Waals surface area (Å²) in [4.78, 5) is 24.6. The molecule has 1 aliphatic heterocycles. The molecule has 160 valence electrons. The van der Waals surface area contributed by atoms with Gasteiger partial charge in [-0.15, -0.1) is 0 Å². The average Bonchev–Trinajstić information content (AvgIpc) is 2.73. The molecule has 2 aromatic rings. The maximum atomic E-state index is 12.4. The molecule has 0 fully saturated rings. The smallest absolute Gasteiger partial charge is 0.234 e. The van der Waals surface area contributed by atoms with Crippen molar-refractivity contribution in [1.82, 2.24) is 5.32 Å². The third-order valence-electron chi connectivity index (χ3n) is 4.49. The normalized spacial score (nSPS) is 15.8. The van der Waals surface area contributed by atoms with E-state index >= 15 is 0 Å². The molecule has 6 nitrogen and oxygen atoms in total. The van der Waals surface area contributed by atoms with Gasteiger partial charge in [0.05, 0.1) is 29.0 Å². The van der Waals surface area contributed by atoms with Gasteiger partial charge in [0.2, 0.25) is 11.8 Å². The maximum Gasteiger partial charge on any atom is 0.234 e. The van der Waals surface area contributed by atoms with E-state index in [-0.39, 0.29) is 24.0 Å². The van der Waals surface area contributed by atoms with E-state index in [0.717, 1.165) is 17.5 Å². The van der Waals surface area contributed by atoms with Gasteiger partial charge in [0, 0.05) is 28.1 Å². The van der Waals surface area contributed by atoms with Gasteiger partial charge in [-0.05, 0) is 48.9 Å². The molecule has 0 saturated heterocycles. The van der Waals surface area contributed by atoms with Crippen LogP contribution in [0.15, 0.2) is 53.1 Å². The standard InChI is InChI=1S/C22H19Cl2N3O3S/c1-2-30-15-6-4-14(5-7-15)26-21(29)12-31-22-18(11-25)17(10-20(28)27-22)16-8-3-13(23)9-19(16)24/h3-9,17H,2,10,12H2,1H3,(H,26,29)(H,27,28). The number of nitrogens with one attached hydrogen (secondary N) is 2. The quantitative estimate of drug-likeness (QED) is 0.580. The molecule has 0 radical (unpaired) electrons. The Bertz CT molecular complexity index is 1060. The number of carbonyl (C=O) groups is 2. The van der Waals surface area contributed by atoms with Crippen molar-refractivity contribution < 1.29 is 14.3 Å². The van der Waals surface area contributed by atoms with E-state index in [0.29, 0.717) is 38.5 Å². The second-order valence-electron chi connectivity index (χ2n) is 6.62. The van der Waals surface area contributed by atoms with Crippen molar-refractivity contribution in [3.8, 4) is 11.8 Å². The molecule has 3 rings (SSSR count). The van der Waals surface area contributed by atoms with Gasteiger partial charge in [-0.25, -0.2) is 0 Å². The van der Waals surface area contributed by atoms with Crippen LogP contribution < -0.4 is 15.4 Å². The zero-order valence-corrected chi connectivity index (χ0v) is 18.9. The van der Waals surface area contributed by atoms with E-state index in [1.165, 1.54) is 0 Å².